The Bertz CT molecular complexity index is 571. The Hall–Kier alpha value is -2.55. The van der Waals surface area contributed by atoms with E-state index in [9.17, 15) is 4.79 Å². The summed E-state index contributed by atoms with van der Waals surface area (Å²) in [4.78, 5) is 11.0. The highest BCUT2D eigenvalue weighted by molar-refractivity contribution is 5.86. The van der Waals surface area contributed by atoms with Crippen LogP contribution >= 0.6 is 0 Å². The van der Waals surface area contributed by atoms with E-state index in [0.29, 0.717) is 6.61 Å². The topological polar surface area (TPSA) is 35.5 Å². The molecule has 0 saturated heterocycles. The van der Waals surface area contributed by atoms with Crippen molar-refractivity contribution in [2.24, 2.45) is 0 Å². The van der Waals surface area contributed by atoms with Crippen LogP contribution < -0.4 is 4.74 Å². The number of ether oxygens (including phenoxy) is 2. The fourth-order valence-electron chi connectivity index (χ4n) is 1.65. The lowest BCUT2D eigenvalue weighted by Crippen LogP contribution is -1.95. The number of hydrogen-bond donors (Lipinski definition) is 0. The summed E-state index contributed by atoms with van der Waals surface area (Å²) in [7, 11) is 1.35. The van der Waals surface area contributed by atoms with Crippen molar-refractivity contribution in [1.82, 2.24) is 0 Å². The minimum Gasteiger partial charge on any atom is -0.489 e. The lowest BCUT2D eigenvalue weighted by molar-refractivity contribution is -0.134. The standard InChI is InChI=1S/C17H16O3/c1-19-17(18)12-9-14-7-10-16(11-8-14)20-13-15-5-3-2-4-6-15/h2-12H,13H2,1H3/b12-9+. The van der Waals surface area contributed by atoms with E-state index in [2.05, 4.69) is 4.74 Å². The number of benzene rings is 2. The number of carbonyl (C=O) groups is 1. The Labute approximate surface area is 118 Å². The number of hydrogen-bond acceptors (Lipinski definition) is 3. The van der Waals surface area contributed by atoms with Gasteiger partial charge in [-0.05, 0) is 29.3 Å². The van der Waals surface area contributed by atoms with Gasteiger partial charge in [0.1, 0.15) is 12.4 Å². The molecule has 0 aliphatic rings. The molecule has 0 N–H and O–H groups in total. The molecular weight excluding hydrogens is 252 g/mol. The second-order valence-electron chi connectivity index (χ2n) is 4.20. The average Bonchev–Trinajstić information content (AvgIpc) is 2.52. The molecule has 0 unspecified atom stereocenters. The van der Waals surface area contributed by atoms with Gasteiger partial charge in [0.05, 0.1) is 7.11 Å². The second-order valence-corrected chi connectivity index (χ2v) is 4.20. The van der Waals surface area contributed by atoms with Gasteiger partial charge in [-0.15, -0.1) is 0 Å². The Morgan fingerprint density at radius 1 is 1.05 bits per heavy atom. The summed E-state index contributed by atoms with van der Waals surface area (Å²) in [6.07, 6.45) is 3.09. The zero-order valence-corrected chi connectivity index (χ0v) is 11.3. The van der Waals surface area contributed by atoms with Gasteiger partial charge >= 0.3 is 5.97 Å². The van der Waals surface area contributed by atoms with Crippen LogP contribution in [0.1, 0.15) is 11.1 Å². The van der Waals surface area contributed by atoms with Gasteiger partial charge < -0.3 is 9.47 Å². The van der Waals surface area contributed by atoms with Crippen LogP contribution in [-0.4, -0.2) is 13.1 Å². The summed E-state index contributed by atoms with van der Waals surface area (Å²) in [5, 5.41) is 0. The molecule has 0 radical (unpaired) electrons. The van der Waals surface area contributed by atoms with Crippen molar-refractivity contribution >= 4 is 12.0 Å². The molecule has 2 aromatic rings. The van der Waals surface area contributed by atoms with E-state index in [-0.39, 0.29) is 5.97 Å². The minimum absolute atomic E-state index is 0.366. The molecule has 102 valence electrons. The Kier molecular flexibility index (Phi) is 4.95. The van der Waals surface area contributed by atoms with Gasteiger partial charge in [0.2, 0.25) is 0 Å². The maximum atomic E-state index is 11.0. The summed E-state index contributed by atoms with van der Waals surface area (Å²) in [6, 6.07) is 17.5. The van der Waals surface area contributed by atoms with Crippen molar-refractivity contribution in [2.45, 2.75) is 6.61 Å². The molecule has 2 rings (SSSR count). The normalized spacial score (nSPS) is 10.4. The monoisotopic (exact) mass is 268 g/mol. The highest BCUT2D eigenvalue weighted by Gasteiger charge is 1.96. The van der Waals surface area contributed by atoms with Crippen LogP contribution in [0.4, 0.5) is 0 Å². The van der Waals surface area contributed by atoms with E-state index >= 15 is 0 Å². The fourth-order valence-corrected chi connectivity index (χ4v) is 1.65. The maximum absolute atomic E-state index is 11.0. The van der Waals surface area contributed by atoms with E-state index in [1.807, 2.05) is 54.6 Å². The second kappa shape index (κ2) is 7.14. The van der Waals surface area contributed by atoms with Crippen molar-refractivity contribution in [3.63, 3.8) is 0 Å². The van der Waals surface area contributed by atoms with Gasteiger partial charge in [-0.25, -0.2) is 4.79 Å². The van der Waals surface area contributed by atoms with E-state index in [0.717, 1.165) is 16.9 Å². The molecule has 2 aromatic carbocycles. The lowest BCUT2D eigenvalue weighted by Gasteiger charge is -2.06. The quantitative estimate of drug-likeness (QED) is 0.615. The predicted molar refractivity (Wildman–Crippen MR) is 78.3 cm³/mol. The third-order valence-corrected chi connectivity index (χ3v) is 2.74. The smallest absolute Gasteiger partial charge is 0.330 e. The number of carbonyl (C=O) groups excluding carboxylic acids is 1. The molecule has 0 aromatic heterocycles. The molecule has 0 spiro atoms. The SMILES string of the molecule is COC(=O)/C=C/c1ccc(OCc2ccccc2)cc1. The average molecular weight is 268 g/mol. The molecule has 0 atom stereocenters. The maximum Gasteiger partial charge on any atom is 0.330 e. The zero-order chi connectivity index (χ0) is 14.2. The number of esters is 1. The van der Waals surface area contributed by atoms with Crippen molar-refractivity contribution in [1.29, 1.82) is 0 Å². The van der Waals surface area contributed by atoms with E-state index in [1.54, 1.807) is 6.08 Å². The molecule has 0 amide bonds. The van der Waals surface area contributed by atoms with E-state index < -0.39 is 0 Å². The van der Waals surface area contributed by atoms with E-state index in [4.69, 9.17) is 4.74 Å². The Morgan fingerprint density at radius 2 is 1.75 bits per heavy atom. The first-order valence-electron chi connectivity index (χ1n) is 6.31. The third-order valence-electron chi connectivity index (χ3n) is 2.74. The van der Waals surface area contributed by atoms with Crippen molar-refractivity contribution in [3.8, 4) is 5.75 Å². The zero-order valence-electron chi connectivity index (χ0n) is 11.3. The molecule has 0 aliphatic heterocycles. The van der Waals surface area contributed by atoms with Crippen LogP contribution in [0.3, 0.4) is 0 Å². The molecular formula is C17H16O3. The van der Waals surface area contributed by atoms with Crippen molar-refractivity contribution in [2.75, 3.05) is 7.11 Å². The van der Waals surface area contributed by atoms with Gasteiger partial charge in [0.15, 0.2) is 0 Å². The van der Waals surface area contributed by atoms with Crippen molar-refractivity contribution in [3.05, 3.63) is 71.8 Å². The summed E-state index contributed by atoms with van der Waals surface area (Å²) in [5.41, 5.74) is 2.05. The van der Waals surface area contributed by atoms with Crippen molar-refractivity contribution < 1.29 is 14.3 Å². The van der Waals surface area contributed by atoms with Crippen LogP contribution in [0.2, 0.25) is 0 Å². The first-order chi connectivity index (χ1) is 9.78. The largest absolute Gasteiger partial charge is 0.489 e. The van der Waals surface area contributed by atoms with Gasteiger partial charge in [-0.3, -0.25) is 0 Å². The Balaban J connectivity index is 1.91. The fraction of sp³-hybridized carbons (Fsp3) is 0.118. The first-order valence-corrected chi connectivity index (χ1v) is 6.31. The van der Waals surface area contributed by atoms with Crippen LogP contribution in [0, 0.1) is 0 Å². The molecule has 0 aliphatic carbocycles. The van der Waals surface area contributed by atoms with Gasteiger partial charge in [-0.2, -0.15) is 0 Å². The van der Waals surface area contributed by atoms with E-state index in [1.165, 1.54) is 13.2 Å². The summed E-state index contributed by atoms with van der Waals surface area (Å²) in [6.45, 7) is 0.540. The van der Waals surface area contributed by atoms with Gasteiger partial charge in [-0.1, -0.05) is 42.5 Å². The molecule has 0 fully saturated rings. The minimum atomic E-state index is -0.366. The molecule has 0 bridgehead atoms. The highest BCUT2D eigenvalue weighted by atomic mass is 16.5. The number of methoxy groups -OCH3 is 1. The highest BCUT2D eigenvalue weighted by Crippen LogP contribution is 2.15. The van der Waals surface area contributed by atoms with Crippen LogP contribution in [0.5, 0.6) is 5.75 Å². The first kappa shape index (κ1) is 13.9. The lowest BCUT2D eigenvalue weighted by atomic mass is 10.2. The van der Waals surface area contributed by atoms with Gasteiger partial charge in [0, 0.05) is 6.08 Å². The number of rotatable bonds is 5. The molecule has 20 heavy (non-hydrogen) atoms. The third kappa shape index (κ3) is 4.28. The van der Waals surface area contributed by atoms with Crippen LogP contribution in [-0.2, 0) is 16.1 Å². The molecule has 0 saturated carbocycles. The summed E-state index contributed by atoms with van der Waals surface area (Å²) < 4.78 is 10.2. The molecule has 3 nitrogen and oxygen atoms in total. The molecule has 0 heterocycles. The van der Waals surface area contributed by atoms with Crippen LogP contribution in [0.15, 0.2) is 60.7 Å². The Morgan fingerprint density at radius 3 is 2.40 bits per heavy atom. The summed E-state index contributed by atoms with van der Waals surface area (Å²) in [5.74, 6) is 0.429. The predicted octanol–water partition coefficient (Wildman–Crippen LogP) is 3.45. The van der Waals surface area contributed by atoms with Crippen LogP contribution in [0.25, 0.3) is 6.08 Å². The molecule has 3 heteroatoms. The van der Waals surface area contributed by atoms with Gasteiger partial charge in [0.25, 0.3) is 0 Å². The summed E-state index contributed by atoms with van der Waals surface area (Å²) >= 11 is 0.